The lowest BCUT2D eigenvalue weighted by Gasteiger charge is -2.05. The van der Waals surface area contributed by atoms with Crippen LogP contribution in [0.3, 0.4) is 0 Å². The molecule has 18 heavy (non-hydrogen) atoms. The van der Waals surface area contributed by atoms with Crippen molar-refractivity contribution in [2.75, 3.05) is 11.9 Å². The summed E-state index contributed by atoms with van der Waals surface area (Å²) in [6, 6.07) is 11.8. The molecule has 2 rings (SSSR count). The van der Waals surface area contributed by atoms with E-state index in [-0.39, 0.29) is 0 Å². The fourth-order valence-corrected chi connectivity index (χ4v) is 1.77. The highest BCUT2D eigenvalue weighted by molar-refractivity contribution is 9.10. The quantitative estimate of drug-likeness (QED) is 0.943. The van der Waals surface area contributed by atoms with Crippen molar-refractivity contribution in [2.45, 2.75) is 6.42 Å². The van der Waals surface area contributed by atoms with Crippen molar-refractivity contribution in [1.82, 2.24) is 9.97 Å². The van der Waals surface area contributed by atoms with E-state index in [4.69, 9.17) is 5.26 Å². The zero-order valence-corrected chi connectivity index (χ0v) is 11.2. The van der Waals surface area contributed by atoms with Crippen LogP contribution < -0.4 is 5.32 Å². The molecule has 1 heterocycles. The summed E-state index contributed by atoms with van der Waals surface area (Å²) in [4.78, 5) is 7.87. The number of nitrogens with zero attached hydrogens (tertiary/aromatic N) is 3. The first-order valence-corrected chi connectivity index (χ1v) is 6.28. The van der Waals surface area contributed by atoms with Gasteiger partial charge in [-0.25, -0.2) is 9.97 Å². The number of rotatable bonds is 4. The van der Waals surface area contributed by atoms with Gasteiger partial charge < -0.3 is 5.32 Å². The number of halogens is 1. The Morgan fingerprint density at radius 1 is 1.22 bits per heavy atom. The third kappa shape index (κ3) is 3.54. The number of nitriles is 1. The Labute approximate surface area is 114 Å². The molecule has 2 aromatic rings. The molecule has 0 radical (unpaired) electrons. The van der Waals surface area contributed by atoms with Gasteiger partial charge in [-0.2, -0.15) is 5.26 Å². The Morgan fingerprint density at radius 3 is 2.72 bits per heavy atom. The summed E-state index contributed by atoms with van der Waals surface area (Å²) in [5, 5.41) is 11.9. The zero-order valence-electron chi connectivity index (χ0n) is 9.60. The van der Waals surface area contributed by atoms with E-state index in [1.54, 1.807) is 6.07 Å². The van der Waals surface area contributed by atoms with Crippen molar-refractivity contribution in [2.24, 2.45) is 0 Å². The average molecular weight is 303 g/mol. The monoisotopic (exact) mass is 302 g/mol. The fraction of sp³-hybridized carbons (Fsp3) is 0.154. The predicted molar refractivity (Wildman–Crippen MR) is 73.1 cm³/mol. The highest BCUT2D eigenvalue weighted by Gasteiger charge is 1.98. The van der Waals surface area contributed by atoms with Gasteiger partial charge in [0.25, 0.3) is 0 Å². The molecule has 0 aliphatic heterocycles. The van der Waals surface area contributed by atoms with Crippen LogP contribution in [-0.4, -0.2) is 16.5 Å². The second-order valence-corrected chi connectivity index (χ2v) is 4.62. The van der Waals surface area contributed by atoms with Gasteiger partial charge >= 0.3 is 0 Å². The minimum atomic E-state index is 0.371. The van der Waals surface area contributed by atoms with Gasteiger partial charge in [0, 0.05) is 17.1 Å². The first-order valence-electron chi connectivity index (χ1n) is 5.48. The van der Waals surface area contributed by atoms with Gasteiger partial charge in [0.05, 0.1) is 0 Å². The summed E-state index contributed by atoms with van der Waals surface area (Å²) in [6.45, 7) is 0.767. The van der Waals surface area contributed by atoms with Gasteiger partial charge in [-0.05, 0) is 24.1 Å². The minimum absolute atomic E-state index is 0.371. The van der Waals surface area contributed by atoms with Crippen LogP contribution in [0.4, 0.5) is 5.82 Å². The molecular formula is C13H11BrN4. The Morgan fingerprint density at radius 2 is 2.00 bits per heavy atom. The van der Waals surface area contributed by atoms with E-state index in [1.165, 1.54) is 11.9 Å². The van der Waals surface area contributed by atoms with Crippen LogP contribution in [0, 0.1) is 11.3 Å². The van der Waals surface area contributed by atoms with E-state index >= 15 is 0 Å². The Kier molecular flexibility index (Phi) is 4.26. The number of nitrogens with one attached hydrogen (secondary N) is 1. The van der Waals surface area contributed by atoms with Crippen molar-refractivity contribution in [3.8, 4) is 6.07 Å². The first kappa shape index (κ1) is 12.5. The van der Waals surface area contributed by atoms with Gasteiger partial charge in [0.1, 0.15) is 23.9 Å². The SMILES string of the molecule is N#Cc1cc(NCCc2ccc(Br)cc2)ncn1. The summed E-state index contributed by atoms with van der Waals surface area (Å²) in [6.07, 6.45) is 2.29. The lowest BCUT2D eigenvalue weighted by atomic mass is 10.1. The Bertz CT molecular complexity index is 560. The second-order valence-electron chi connectivity index (χ2n) is 3.70. The van der Waals surface area contributed by atoms with E-state index in [9.17, 15) is 0 Å². The largest absolute Gasteiger partial charge is 0.370 e. The van der Waals surface area contributed by atoms with Crippen molar-refractivity contribution in [1.29, 1.82) is 5.26 Å². The second kappa shape index (κ2) is 6.12. The molecule has 0 saturated carbocycles. The summed E-state index contributed by atoms with van der Waals surface area (Å²) in [5.41, 5.74) is 1.62. The fourth-order valence-electron chi connectivity index (χ4n) is 1.50. The van der Waals surface area contributed by atoms with E-state index in [2.05, 4.69) is 43.3 Å². The highest BCUT2D eigenvalue weighted by Crippen LogP contribution is 2.11. The molecule has 1 aromatic carbocycles. The lowest BCUT2D eigenvalue weighted by Crippen LogP contribution is -2.06. The maximum atomic E-state index is 8.72. The van der Waals surface area contributed by atoms with E-state index in [1.807, 2.05) is 18.2 Å². The molecular weight excluding hydrogens is 292 g/mol. The molecule has 5 heteroatoms. The van der Waals surface area contributed by atoms with Gasteiger partial charge in [-0.15, -0.1) is 0 Å². The molecule has 0 spiro atoms. The van der Waals surface area contributed by atoms with Crippen LogP contribution in [0.25, 0.3) is 0 Å². The topological polar surface area (TPSA) is 61.6 Å². The van der Waals surface area contributed by atoms with Crippen LogP contribution >= 0.6 is 15.9 Å². The normalized spacial score (nSPS) is 9.78. The van der Waals surface area contributed by atoms with Crippen molar-refractivity contribution in [3.63, 3.8) is 0 Å². The number of benzene rings is 1. The van der Waals surface area contributed by atoms with Gasteiger partial charge in [0.15, 0.2) is 0 Å². The van der Waals surface area contributed by atoms with Crippen molar-refractivity contribution < 1.29 is 0 Å². The molecule has 0 bridgehead atoms. The number of hydrogen-bond donors (Lipinski definition) is 1. The standard InChI is InChI=1S/C13H11BrN4/c14-11-3-1-10(2-4-11)5-6-16-13-7-12(8-15)17-9-18-13/h1-4,7,9H,5-6H2,(H,16,17,18). The van der Waals surface area contributed by atoms with E-state index in [0.717, 1.165) is 17.4 Å². The number of anilines is 1. The number of aromatic nitrogens is 2. The third-order valence-electron chi connectivity index (χ3n) is 2.41. The molecule has 0 aliphatic carbocycles. The van der Waals surface area contributed by atoms with E-state index in [0.29, 0.717) is 11.5 Å². The van der Waals surface area contributed by atoms with Crippen molar-refractivity contribution in [3.05, 3.63) is 52.4 Å². The summed E-state index contributed by atoms with van der Waals surface area (Å²) >= 11 is 3.40. The van der Waals surface area contributed by atoms with Crippen LogP contribution in [0.2, 0.25) is 0 Å². The first-order chi connectivity index (χ1) is 8.78. The lowest BCUT2D eigenvalue weighted by molar-refractivity contribution is 0.996. The summed E-state index contributed by atoms with van der Waals surface area (Å²) < 4.78 is 1.08. The van der Waals surface area contributed by atoms with Crippen LogP contribution in [0.15, 0.2) is 41.1 Å². The highest BCUT2D eigenvalue weighted by atomic mass is 79.9. The van der Waals surface area contributed by atoms with Gasteiger partial charge in [-0.1, -0.05) is 28.1 Å². The smallest absolute Gasteiger partial charge is 0.145 e. The maximum Gasteiger partial charge on any atom is 0.145 e. The average Bonchev–Trinajstić information content (AvgIpc) is 2.41. The maximum absolute atomic E-state index is 8.72. The Balaban J connectivity index is 1.88. The molecule has 1 aromatic heterocycles. The number of hydrogen-bond acceptors (Lipinski definition) is 4. The Hall–Kier alpha value is -1.93. The zero-order chi connectivity index (χ0) is 12.8. The third-order valence-corrected chi connectivity index (χ3v) is 2.94. The molecule has 4 nitrogen and oxygen atoms in total. The predicted octanol–water partition coefficient (Wildman–Crippen LogP) is 2.77. The molecule has 0 saturated heterocycles. The van der Waals surface area contributed by atoms with Crippen molar-refractivity contribution >= 4 is 21.7 Å². The molecule has 1 N–H and O–H groups in total. The molecule has 0 atom stereocenters. The van der Waals surface area contributed by atoms with Crippen LogP contribution in [0.1, 0.15) is 11.3 Å². The van der Waals surface area contributed by atoms with Crippen LogP contribution in [0.5, 0.6) is 0 Å². The molecule has 90 valence electrons. The van der Waals surface area contributed by atoms with Gasteiger partial charge in [0.2, 0.25) is 0 Å². The summed E-state index contributed by atoms with van der Waals surface area (Å²) in [5.74, 6) is 0.679. The molecule has 0 fully saturated rings. The molecule has 0 aliphatic rings. The van der Waals surface area contributed by atoms with E-state index < -0.39 is 0 Å². The minimum Gasteiger partial charge on any atom is -0.370 e. The van der Waals surface area contributed by atoms with Crippen LogP contribution in [-0.2, 0) is 6.42 Å². The molecule has 0 unspecified atom stereocenters. The summed E-state index contributed by atoms with van der Waals surface area (Å²) in [7, 11) is 0. The van der Waals surface area contributed by atoms with Gasteiger partial charge in [-0.3, -0.25) is 0 Å². The molecule has 0 amide bonds.